The third kappa shape index (κ3) is 7.00. The van der Waals surface area contributed by atoms with Crippen LogP contribution in [0.5, 0.6) is 0 Å². The third-order valence-electron chi connectivity index (χ3n) is 1.72. The number of aliphatic carboxylic acids is 2. The summed E-state index contributed by atoms with van der Waals surface area (Å²) in [4.78, 5) is 40.0. The van der Waals surface area contributed by atoms with Crippen LogP contribution in [0.25, 0.3) is 0 Å². The molecule has 0 aromatic rings. The zero-order chi connectivity index (χ0) is 13.6. The average molecular weight is 264 g/mol. The van der Waals surface area contributed by atoms with Crippen LogP contribution < -0.4 is 34.7 Å². The van der Waals surface area contributed by atoms with Gasteiger partial charge in [0, 0.05) is 17.2 Å². The summed E-state index contributed by atoms with van der Waals surface area (Å²) in [5.74, 6) is -3.84. The summed E-state index contributed by atoms with van der Waals surface area (Å²) >= 11 is 0. The van der Waals surface area contributed by atoms with Crippen molar-refractivity contribution in [2.45, 2.75) is 13.8 Å². The Morgan fingerprint density at radius 1 is 1.11 bits per heavy atom. The maximum atomic E-state index is 10.5. The van der Waals surface area contributed by atoms with E-state index in [4.69, 9.17) is 5.11 Å². The first kappa shape index (κ1) is 18.9. The maximum Gasteiger partial charge on any atom is 1.00 e. The van der Waals surface area contributed by atoms with Gasteiger partial charge < -0.3 is 19.7 Å². The summed E-state index contributed by atoms with van der Waals surface area (Å²) in [7, 11) is 0. The number of carbonyl (C=O) groups excluding carboxylic acids is 3. The van der Waals surface area contributed by atoms with Gasteiger partial charge in [0.25, 0.3) is 0 Å². The molecule has 0 spiro atoms. The fourth-order valence-electron chi connectivity index (χ4n) is 0.683. The van der Waals surface area contributed by atoms with Crippen molar-refractivity contribution in [2.75, 3.05) is 0 Å². The molecule has 0 unspecified atom stereocenters. The van der Waals surface area contributed by atoms with E-state index in [1.54, 1.807) is 13.8 Å². The van der Waals surface area contributed by atoms with Crippen LogP contribution in [0.15, 0.2) is 23.3 Å². The molecule has 1 N–H and O–H groups in total. The number of rotatable bonds is 2. The smallest absolute Gasteiger partial charge is 0.545 e. The Hall–Kier alpha value is -1.44. The summed E-state index contributed by atoms with van der Waals surface area (Å²) in [6.07, 6.45) is 0.942. The van der Waals surface area contributed by atoms with Gasteiger partial charge in [-0.2, -0.15) is 0 Å². The fourth-order valence-corrected chi connectivity index (χ4v) is 0.683. The second-order valence-electron chi connectivity index (χ2n) is 2.92. The van der Waals surface area contributed by atoms with Crippen molar-refractivity contribution in [1.82, 2.24) is 0 Å². The van der Waals surface area contributed by atoms with Crippen LogP contribution in [0.1, 0.15) is 13.8 Å². The molecule has 1 aliphatic heterocycles. The minimum atomic E-state index is -1.51. The molecule has 7 nitrogen and oxygen atoms in total. The van der Waals surface area contributed by atoms with Gasteiger partial charge in [0.15, 0.2) is 0 Å². The Morgan fingerprint density at radius 2 is 1.50 bits per heavy atom. The first-order valence-electron chi connectivity index (χ1n) is 4.31. The number of carbonyl (C=O) groups is 4. The van der Waals surface area contributed by atoms with Crippen LogP contribution in [0.3, 0.4) is 0 Å². The van der Waals surface area contributed by atoms with Gasteiger partial charge in [0.05, 0.1) is 5.97 Å². The van der Waals surface area contributed by atoms with E-state index in [0.717, 1.165) is 0 Å². The van der Waals surface area contributed by atoms with Gasteiger partial charge in [-0.3, -0.25) is 0 Å². The number of ether oxygens (including phenoxy) is 1. The third-order valence-corrected chi connectivity index (χ3v) is 1.72. The Bertz CT molecular complexity index is 396. The monoisotopic (exact) mass is 264 g/mol. The van der Waals surface area contributed by atoms with Gasteiger partial charge in [0.2, 0.25) is 0 Å². The van der Waals surface area contributed by atoms with E-state index in [9.17, 15) is 24.3 Å². The van der Waals surface area contributed by atoms with Crippen molar-refractivity contribution in [3.05, 3.63) is 23.3 Å². The van der Waals surface area contributed by atoms with Crippen LogP contribution in [0.2, 0.25) is 0 Å². The van der Waals surface area contributed by atoms with Gasteiger partial charge >= 0.3 is 47.5 Å². The maximum absolute atomic E-state index is 10.5. The van der Waals surface area contributed by atoms with Gasteiger partial charge in [-0.05, 0) is 19.9 Å². The number of esters is 2. The van der Waals surface area contributed by atoms with E-state index in [0.29, 0.717) is 23.3 Å². The zero-order valence-corrected chi connectivity index (χ0v) is 12.1. The number of hydrogen-bond donors (Lipinski definition) is 1. The molecule has 92 valence electrons. The second kappa shape index (κ2) is 8.62. The summed E-state index contributed by atoms with van der Waals surface area (Å²) < 4.78 is 4.23. The fraction of sp³-hybridized carbons (Fsp3) is 0.200. The molecule has 8 heteroatoms. The predicted octanol–water partition coefficient (Wildman–Crippen LogP) is -4.21. The Balaban J connectivity index is 0. The Labute approximate surface area is 124 Å². The predicted molar refractivity (Wildman–Crippen MR) is 51.3 cm³/mol. The van der Waals surface area contributed by atoms with Crippen molar-refractivity contribution in [3.63, 3.8) is 0 Å². The van der Waals surface area contributed by atoms with Gasteiger partial charge in [-0.25, -0.2) is 14.4 Å². The SMILES string of the molecule is CC1=C(C)C(=O)OC1=O.O=C([O-])C=CC(=O)O.[Na+]. The molecule has 0 amide bonds. The van der Waals surface area contributed by atoms with E-state index in [1.807, 2.05) is 0 Å². The van der Waals surface area contributed by atoms with Crippen molar-refractivity contribution < 1.29 is 63.7 Å². The molecule has 0 aromatic carbocycles. The van der Waals surface area contributed by atoms with E-state index < -0.39 is 23.9 Å². The second-order valence-corrected chi connectivity index (χ2v) is 2.92. The van der Waals surface area contributed by atoms with Crippen LogP contribution in [-0.4, -0.2) is 29.0 Å². The molecule has 0 saturated carbocycles. The topological polar surface area (TPSA) is 121 Å². The van der Waals surface area contributed by atoms with Crippen LogP contribution in [-0.2, 0) is 23.9 Å². The normalized spacial score (nSPS) is 13.7. The van der Waals surface area contributed by atoms with Crippen LogP contribution >= 0.6 is 0 Å². The minimum Gasteiger partial charge on any atom is -0.545 e. The van der Waals surface area contributed by atoms with Crippen molar-refractivity contribution >= 4 is 23.9 Å². The first-order chi connectivity index (χ1) is 7.75. The van der Waals surface area contributed by atoms with E-state index in [2.05, 4.69) is 4.74 Å². The molecule has 0 fully saturated rings. The van der Waals surface area contributed by atoms with E-state index in [-0.39, 0.29) is 29.6 Å². The summed E-state index contributed by atoms with van der Waals surface area (Å²) in [5.41, 5.74) is 0.833. The largest absolute Gasteiger partial charge is 1.00 e. The quantitative estimate of drug-likeness (QED) is 0.232. The molecule has 18 heavy (non-hydrogen) atoms. The summed E-state index contributed by atoms with van der Waals surface area (Å²) in [5, 5.41) is 17.2. The molecule has 0 atom stereocenters. The Kier molecular flexibility index (Phi) is 9.06. The Morgan fingerprint density at radius 3 is 1.61 bits per heavy atom. The number of carboxylic acid groups (broad SMARTS) is 2. The standard InChI is InChI=1S/C6H6O3.C4H4O4.Na/c1-3-4(2)6(8)9-5(3)7;5-3(6)1-2-4(7)8;/h1-2H3;1-2H,(H,5,6)(H,7,8);/q;;+1/p-1. The number of carboxylic acids is 2. The number of cyclic esters (lactones) is 2. The molecule has 0 radical (unpaired) electrons. The van der Waals surface area contributed by atoms with Crippen molar-refractivity contribution in [2.24, 2.45) is 0 Å². The molecule has 1 heterocycles. The molecule has 0 aliphatic carbocycles. The average Bonchev–Trinajstić information content (AvgIpc) is 2.44. The number of hydrogen-bond acceptors (Lipinski definition) is 6. The van der Waals surface area contributed by atoms with E-state index in [1.165, 1.54) is 0 Å². The molecule has 1 rings (SSSR count). The van der Waals surface area contributed by atoms with E-state index >= 15 is 0 Å². The van der Waals surface area contributed by atoms with Gasteiger partial charge in [0.1, 0.15) is 0 Å². The molecule has 0 bridgehead atoms. The zero-order valence-electron chi connectivity index (χ0n) is 10.1. The van der Waals surface area contributed by atoms with Crippen molar-refractivity contribution in [1.29, 1.82) is 0 Å². The first-order valence-corrected chi connectivity index (χ1v) is 4.31. The van der Waals surface area contributed by atoms with Crippen LogP contribution in [0.4, 0.5) is 0 Å². The minimum absolute atomic E-state index is 0. The molecule has 0 aromatic heterocycles. The van der Waals surface area contributed by atoms with Crippen LogP contribution in [0, 0.1) is 0 Å². The molecule has 0 saturated heterocycles. The summed E-state index contributed by atoms with van der Waals surface area (Å²) in [6, 6.07) is 0. The summed E-state index contributed by atoms with van der Waals surface area (Å²) in [6.45, 7) is 3.14. The molecule has 1 aliphatic rings. The van der Waals surface area contributed by atoms with Gasteiger partial charge in [-0.15, -0.1) is 0 Å². The van der Waals surface area contributed by atoms with Gasteiger partial charge in [-0.1, -0.05) is 0 Å². The molecular formula is C10H9NaO7. The molecular weight excluding hydrogens is 255 g/mol. The van der Waals surface area contributed by atoms with Crippen molar-refractivity contribution in [3.8, 4) is 0 Å².